The van der Waals surface area contributed by atoms with Gasteiger partial charge in [0, 0.05) is 5.56 Å². The maximum Gasteiger partial charge on any atom is 0.354 e. The molecule has 0 atom stereocenters. The van der Waals surface area contributed by atoms with Crippen LogP contribution in [0.2, 0.25) is 0 Å². The van der Waals surface area contributed by atoms with Gasteiger partial charge in [-0.15, -0.1) is 0 Å². The second-order valence-electron chi connectivity index (χ2n) is 3.43. The van der Waals surface area contributed by atoms with Crippen molar-refractivity contribution in [2.45, 2.75) is 0 Å². The summed E-state index contributed by atoms with van der Waals surface area (Å²) in [5.41, 5.74) is -1.41. The molecule has 6 heteroatoms. The Hall–Kier alpha value is -2.37. The van der Waals surface area contributed by atoms with E-state index < -0.39 is 40.4 Å². The van der Waals surface area contributed by atoms with Gasteiger partial charge in [-0.1, -0.05) is 6.07 Å². The first-order chi connectivity index (χ1) is 8.50. The van der Waals surface area contributed by atoms with E-state index in [9.17, 15) is 18.0 Å². The van der Waals surface area contributed by atoms with E-state index in [0.717, 1.165) is 24.3 Å². The molecule has 92 valence electrons. The van der Waals surface area contributed by atoms with Crippen LogP contribution in [0, 0.1) is 17.5 Å². The van der Waals surface area contributed by atoms with E-state index in [1.54, 1.807) is 0 Å². The maximum absolute atomic E-state index is 13.5. The molecule has 0 saturated carbocycles. The second kappa shape index (κ2) is 4.48. The Morgan fingerprint density at radius 2 is 1.78 bits per heavy atom. The number of carboxylic acids is 1. The SMILES string of the molecule is O=C(O)c1ccc(F)c(-c2cccc(F)c2F)n1. The Balaban J connectivity index is 2.66. The van der Waals surface area contributed by atoms with Crippen molar-refractivity contribution in [3.8, 4) is 11.3 Å². The van der Waals surface area contributed by atoms with Gasteiger partial charge >= 0.3 is 5.97 Å². The normalized spacial score (nSPS) is 10.4. The van der Waals surface area contributed by atoms with Crippen LogP contribution >= 0.6 is 0 Å². The minimum atomic E-state index is -1.38. The average molecular weight is 253 g/mol. The van der Waals surface area contributed by atoms with Crippen molar-refractivity contribution in [3.05, 3.63) is 53.5 Å². The van der Waals surface area contributed by atoms with Gasteiger partial charge < -0.3 is 5.11 Å². The van der Waals surface area contributed by atoms with Gasteiger partial charge in [0.05, 0.1) is 0 Å². The molecule has 0 amide bonds. The summed E-state index contributed by atoms with van der Waals surface area (Å²) in [5, 5.41) is 8.72. The Labute approximate surface area is 99.5 Å². The monoisotopic (exact) mass is 253 g/mol. The standard InChI is InChI=1S/C12H6F3NO2/c13-7-3-1-2-6(10(7)15)11-8(14)4-5-9(16-11)12(17)18/h1-5H,(H,17,18). The zero-order valence-corrected chi connectivity index (χ0v) is 8.82. The van der Waals surface area contributed by atoms with E-state index in [-0.39, 0.29) is 0 Å². The number of hydrogen-bond donors (Lipinski definition) is 1. The molecule has 18 heavy (non-hydrogen) atoms. The number of carboxylic acid groups (broad SMARTS) is 1. The third-order valence-corrected chi connectivity index (χ3v) is 2.27. The van der Waals surface area contributed by atoms with Crippen molar-refractivity contribution >= 4 is 5.97 Å². The lowest BCUT2D eigenvalue weighted by Gasteiger charge is -2.05. The van der Waals surface area contributed by atoms with Crippen LogP contribution in [-0.2, 0) is 0 Å². The fourth-order valence-electron chi connectivity index (χ4n) is 1.44. The Morgan fingerprint density at radius 3 is 2.44 bits per heavy atom. The average Bonchev–Trinajstić information content (AvgIpc) is 2.33. The summed E-state index contributed by atoms with van der Waals surface area (Å²) >= 11 is 0. The smallest absolute Gasteiger partial charge is 0.354 e. The van der Waals surface area contributed by atoms with Gasteiger partial charge in [0.2, 0.25) is 0 Å². The quantitative estimate of drug-likeness (QED) is 0.895. The van der Waals surface area contributed by atoms with Crippen molar-refractivity contribution in [1.82, 2.24) is 4.98 Å². The molecule has 2 aromatic rings. The lowest BCUT2D eigenvalue weighted by atomic mass is 10.1. The zero-order chi connectivity index (χ0) is 13.3. The molecule has 3 nitrogen and oxygen atoms in total. The summed E-state index contributed by atoms with van der Waals surface area (Å²) in [6, 6.07) is 4.96. The number of aromatic nitrogens is 1. The molecule has 0 aliphatic carbocycles. The highest BCUT2D eigenvalue weighted by molar-refractivity contribution is 5.86. The largest absolute Gasteiger partial charge is 0.477 e. The highest BCUT2D eigenvalue weighted by atomic mass is 19.2. The molecule has 1 heterocycles. The second-order valence-corrected chi connectivity index (χ2v) is 3.43. The number of hydrogen-bond acceptors (Lipinski definition) is 2. The molecule has 1 aromatic carbocycles. The minimum Gasteiger partial charge on any atom is -0.477 e. The van der Waals surface area contributed by atoms with Gasteiger partial charge in [-0.2, -0.15) is 0 Å². The van der Waals surface area contributed by atoms with Gasteiger partial charge in [0.25, 0.3) is 0 Å². The van der Waals surface area contributed by atoms with E-state index in [1.807, 2.05) is 0 Å². The van der Waals surface area contributed by atoms with Crippen LogP contribution in [0.1, 0.15) is 10.5 Å². The van der Waals surface area contributed by atoms with Crippen LogP contribution < -0.4 is 0 Å². The predicted octanol–water partition coefficient (Wildman–Crippen LogP) is 2.86. The highest BCUT2D eigenvalue weighted by Gasteiger charge is 2.17. The fraction of sp³-hybridized carbons (Fsp3) is 0. The van der Waals surface area contributed by atoms with Crippen LogP contribution in [0.15, 0.2) is 30.3 Å². The molecular formula is C12H6F3NO2. The van der Waals surface area contributed by atoms with Gasteiger partial charge in [0.15, 0.2) is 11.6 Å². The fourth-order valence-corrected chi connectivity index (χ4v) is 1.44. The van der Waals surface area contributed by atoms with Crippen molar-refractivity contribution in [3.63, 3.8) is 0 Å². The molecule has 1 aromatic heterocycles. The first-order valence-electron chi connectivity index (χ1n) is 4.85. The summed E-state index contributed by atoms with van der Waals surface area (Å²) in [7, 11) is 0. The Kier molecular flexibility index (Phi) is 3.01. The maximum atomic E-state index is 13.5. The molecule has 0 aliphatic rings. The minimum absolute atomic E-state index is 0.421. The van der Waals surface area contributed by atoms with Crippen LogP contribution in [-0.4, -0.2) is 16.1 Å². The van der Waals surface area contributed by atoms with Crippen molar-refractivity contribution in [2.75, 3.05) is 0 Å². The number of pyridine rings is 1. The summed E-state index contributed by atoms with van der Waals surface area (Å²) in [5.74, 6) is -4.74. The third-order valence-electron chi connectivity index (χ3n) is 2.27. The molecule has 0 unspecified atom stereocenters. The number of rotatable bonds is 2. The van der Waals surface area contributed by atoms with Gasteiger partial charge in [-0.05, 0) is 24.3 Å². The number of aromatic carboxylic acids is 1. The lowest BCUT2D eigenvalue weighted by Crippen LogP contribution is -2.03. The third kappa shape index (κ3) is 2.04. The predicted molar refractivity (Wildman–Crippen MR) is 56.5 cm³/mol. The van der Waals surface area contributed by atoms with Crippen LogP contribution in [0.5, 0.6) is 0 Å². The summed E-state index contributed by atoms with van der Waals surface area (Å²) in [4.78, 5) is 14.2. The topological polar surface area (TPSA) is 50.2 Å². The van der Waals surface area contributed by atoms with Gasteiger partial charge in [-0.3, -0.25) is 0 Å². The van der Waals surface area contributed by atoms with Gasteiger partial charge in [-0.25, -0.2) is 22.9 Å². The van der Waals surface area contributed by atoms with E-state index in [4.69, 9.17) is 5.11 Å². The van der Waals surface area contributed by atoms with Crippen molar-refractivity contribution in [1.29, 1.82) is 0 Å². The number of benzene rings is 1. The van der Waals surface area contributed by atoms with Crippen molar-refractivity contribution in [2.24, 2.45) is 0 Å². The van der Waals surface area contributed by atoms with E-state index in [1.165, 1.54) is 6.07 Å². The molecule has 0 saturated heterocycles. The number of carbonyl (C=O) groups is 1. The van der Waals surface area contributed by atoms with Crippen molar-refractivity contribution < 1.29 is 23.1 Å². The molecule has 0 fully saturated rings. The molecule has 0 radical (unpaired) electrons. The zero-order valence-electron chi connectivity index (χ0n) is 8.82. The Bertz CT molecular complexity index is 629. The molecule has 0 spiro atoms. The van der Waals surface area contributed by atoms with Crippen LogP contribution in [0.4, 0.5) is 13.2 Å². The molecule has 0 bridgehead atoms. The number of halogens is 3. The lowest BCUT2D eigenvalue weighted by molar-refractivity contribution is 0.0690. The summed E-state index contributed by atoms with van der Waals surface area (Å²) in [6.45, 7) is 0. The highest BCUT2D eigenvalue weighted by Crippen LogP contribution is 2.25. The van der Waals surface area contributed by atoms with Gasteiger partial charge in [0.1, 0.15) is 17.2 Å². The Morgan fingerprint density at radius 1 is 1.06 bits per heavy atom. The molecule has 1 N–H and O–H groups in total. The summed E-state index contributed by atoms with van der Waals surface area (Å²) in [6.07, 6.45) is 0. The summed E-state index contributed by atoms with van der Waals surface area (Å²) < 4.78 is 40.0. The van der Waals surface area contributed by atoms with E-state index >= 15 is 0 Å². The first kappa shape index (κ1) is 12.1. The molecule has 0 aliphatic heterocycles. The number of nitrogens with zero attached hydrogens (tertiary/aromatic N) is 1. The van der Waals surface area contributed by atoms with Crippen LogP contribution in [0.25, 0.3) is 11.3 Å². The first-order valence-corrected chi connectivity index (χ1v) is 4.85. The molecule has 2 rings (SSSR count). The molecular weight excluding hydrogens is 247 g/mol. The van der Waals surface area contributed by atoms with E-state index in [2.05, 4.69) is 4.98 Å². The van der Waals surface area contributed by atoms with E-state index in [0.29, 0.717) is 0 Å². The van der Waals surface area contributed by atoms with Crippen LogP contribution in [0.3, 0.4) is 0 Å².